The summed E-state index contributed by atoms with van der Waals surface area (Å²) in [6.45, 7) is 2.34. The topological polar surface area (TPSA) is 51.3 Å². The van der Waals surface area contributed by atoms with E-state index in [2.05, 4.69) is 5.10 Å². The average Bonchev–Trinajstić information content (AvgIpc) is 2.87. The maximum absolute atomic E-state index is 12.0. The maximum Gasteiger partial charge on any atom is 0.289 e. The lowest BCUT2D eigenvalue weighted by molar-refractivity contribution is 0.0752. The molecule has 0 fully saturated rings. The molecule has 5 heteroatoms. The first kappa shape index (κ1) is 11.4. The number of carbonyl (C=O) groups is 1. The standard InChI is InChI=1S/C12H15N3O2/c1-9-4-5-11(17-9)12(16)14(2)7-10-6-13-15(3)8-10/h4-6,8H,7H2,1-3H3. The van der Waals surface area contributed by atoms with E-state index in [9.17, 15) is 4.79 Å². The molecule has 0 aromatic carbocycles. The number of aryl methyl sites for hydroxylation is 2. The van der Waals surface area contributed by atoms with Gasteiger partial charge in [-0.1, -0.05) is 0 Å². The molecule has 2 heterocycles. The third-order valence-electron chi connectivity index (χ3n) is 2.48. The average molecular weight is 233 g/mol. The molecule has 90 valence electrons. The second kappa shape index (κ2) is 4.45. The second-order valence-electron chi connectivity index (χ2n) is 4.09. The highest BCUT2D eigenvalue weighted by molar-refractivity contribution is 5.91. The van der Waals surface area contributed by atoms with Crippen molar-refractivity contribution in [1.82, 2.24) is 14.7 Å². The Balaban J connectivity index is 2.05. The summed E-state index contributed by atoms with van der Waals surface area (Å²) in [6, 6.07) is 3.47. The number of aromatic nitrogens is 2. The van der Waals surface area contributed by atoms with Gasteiger partial charge in [-0.25, -0.2) is 0 Å². The van der Waals surface area contributed by atoms with Crippen molar-refractivity contribution in [3.8, 4) is 0 Å². The lowest BCUT2D eigenvalue weighted by Gasteiger charge is -2.14. The minimum atomic E-state index is -0.123. The molecular formula is C12H15N3O2. The fraction of sp³-hybridized carbons (Fsp3) is 0.333. The van der Waals surface area contributed by atoms with Crippen LogP contribution < -0.4 is 0 Å². The van der Waals surface area contributed by atoms with Crippen LogP contribution in [0.4, 0.5) is 0 Å². The third-order valence-corrected chi connectivity index (χ3v) is 2.48. The van der Waals surface area contributed by atoms with Gasteiger partial charge in [0.25, 0.3) is 5.91 Å². The van der Waals surface area contributed by atoms with Crippen LogP contribution in [0.5, 0.6) is 0 Å². The fourth-order valence-electron chi connectivity index (χ4n) is 1.64. The minimum Gasteiger partial charge on any atom is -0.456 e. The van der Waals surface area contributed by atoms with Gasteiger partial charge in [-0.05, 0) is 19.1 Å². The van der Waals surface area contributed by atoms with Crippen molar-refractivity contribution in [2.24, 2.45) is 7.05 Å². The van der Waals surface area contributed by atoms with Crippen LogP contribution in [0.1, 0.15) is 21.9 Å². The molecule has 0 aliphatic heterocycles. The van der Waals surface area contributed by atoms with E-state index >= 15 is 0 Å². The van der Waals surface area contributed by atoms with Crippen LogP contribution in [0.25, 0.3) is 0 Å². The van der Waals surface area contributed by atoms with Gasteiger partial charge in [0.15, 0.2) is 5.76 Å². The molecule has 0 radical (unpaired) electrons. The number of carbonyl (C=O) groups excluding carboxylic acids is 1. The Morgan fingerprint density at radius 2 is 2.29 bits per heavy atom. The first-order chi connectivity index (χ1) is 8.06. The van der Waals surface area contributed by atoms with Gasteiger partial charge >= 0.3 is 0 Å². The van der Waals surface area contributed by atoms with E-state index in [1.807, 2.05) is 20.2 Å². The van der Waals surface area contributed by atoms with E-state index in [1.165, 1.54) is 0 Å². The van der Waals surface area contributed by atoms with Crippen LogP contribution in [0, 0.1) is 6.92 Å². The van der Waals surface area contributed by atoms with E-state index in [-0.39, 0.29) is 5.91 Å². The molecule has 0 N–H and O–H groups in total. The molecule has 1 amide bonds. The second-order valence-corrected chi connectivity index (χ2v) is 4.09. The first-order valence-electron chi connectivity index (χ1n) is 5.35. The van der Waals surface area contributed by atoms with Gasteiger partial charge in [-0.15, -0.1) is 0 Å². The summed E-state index contributed by atoms with van der Waals surface area (Å²) in [4.78, 5) is 13.6. The number of amides is 1. The third kappa shape index (κ3) is 2.55. The Hall–Kier alpha value is -2.04. The molecule has 0 saturated heterocycles. The number of rotatable bonds is 3. The monoisotopic (exact) mass is 233 g/mol. The van der Waals surface area contributed by atoms with Gasteiger partial charge in [0, 0.05) is 32.4 Å². The van der Waals surface area contributed by atoms with Crippen molar-refractivity contribution in [1.29, 1.82) is 0 Å². The molecule has 0 saturated carbocycles. The molecule has 0 aliphatic rings. The molecule has 2 rings (SSSR count). The van der Waals surface area contributed by atoms with Crippen LogP contribution in [-0.2, 0) is 13.6 Å². The number of nitrogens with zero attached hydrogens (tertiary/aromatic N) is 3. The van der Waals surface area contributed by atoms with Crippen molar-refractivity contribution >= 4 is 5.91 Å². The van der Waals surface area contributed by atoms with Crippen molar-refractivity contribution in [3.63, 3.8) is 0 Å². The molecule has 0 aliphatic carbocycles. The quantitative estimate of drug-likeness (QED) is 0.809. The Morgan fingerprint density at radius 1 is 1.53 bits per heavy atom. The Kier molecular flexibility index (Phi) is 2.99. The summed E-state index contributed by atoms with van der Waals surface area (Å²) in [5, 5.41) is 4.06. The highest BCUT2D eigenvalue weighted by Crippen LogP contribution is 2.10. The normalized spacial score (nSPS) is 10.5. The molecule has 0 bridgehead atoms. The molecule has 2 aromatic rings. The first-order valence-corrected chi connectivity index (χ1v) is 5.35. The van der Waals surface area contributed by atoms with E-state index < -0.39 is 0 Å². The Bertz CT molecular complexity index is 527. The van der Waals surface area contributed by atoms with E-state index in [0.29, 0.717) is 12.3 Å². The van der Waals surface area contributed by atoms with Gasteiger partial charge in [-0.2, -0.15) is 5.10 Å². The summed E-state index contributed by atoms with van der Waals surface area (Å²) in [5.74, 6) is 0.985. The van der Waals surface area contributed by atoms with Crippen LogP contribution in [-0.4, -0.2) is 27.6 Å². The summed E-state index contributed by atoms with van der Waals surface area (Å²) in [6.07, 6.45) is 3.63. The van der Waals surface area contributed by atoms with Crippen molar-refractivity contribution in [2.75, 3.05) is 7.05 Å². The molecule has 0 atom stereocenters. The van der Waals surface area contributed by atoms with Crippen molar-refractivity contribution in [2.45, 2.75) is 13.5 Å². The summed E-state index contributed by atoms with van der Waals surface area (Å²) in [7, 11) is 3.59. The smallest absolute Gasteiger partial charge is 0.289 e. The highest BCUT2D eigenvalue weighted by atomic mass is 16.3. The lowest BCUT2D eigenvalue weighted by atomic mass is 10.3. The number of hydrogen-bond acceptors (Lipinski definition) is 3. The summed E-state index contributed by atoms with van der Waals surface area (Å²) < 4.78 is 7.01. The van der Waals surface area contributed by atoms with Crippen LogP contribution in [0.3, 0.4) is 0 Å². The Labute approximate surface area is 99.6 Å². The van der Waals surface area contributed by atoms with Gasteiger partial charge in [0.05, 0.1) is 6.20 Å². The van der Waals surface area contributed by atoms with Crippen LogP contribution in [0.2, 0.25) is 0 Å². The summed E-state index contributed by atoms with van der Waals surface area (Å²) in [5.41, 5.74) is 0.992. The van der Waals surface area contributed by atoms with E-state index in [0.717, 1.165) is 11.3 Å². The van der Waals surface area contributed by atoms with Gasteiger partial charge in [0.1, 0.15) is 5.76 Å². The zero-order valence-electron chi connectivity index (χ0n) is 10.2. The van der Waals surface area contributed by atoms with Crippen LogP contribution in [0.15, 0.2) is 28.9 Å². The zero-order valence-corrected chi connectivity index (χ0v) is 10.2. The zero-order chi connectivity index (χ0) is 12.4. The fourth-order valence-corrected chi connectivity index (χ4v) is 1.64. The largest absolute Gasteiger partial charge is 0.456 e. The predicted molar refractivity (Wildman–Crippen MR) is 62.5 cm³/mol. The molecular weight excluding hydrogens is 218 g/mol. The molecule has 0 spiro atoms. The maximum atomic E-state index is 12.0. The predicted octanol–water partition coefficient (Wildman–Crippen LogP) is 1.59. The molecule has 17 heavy (non-hydrogen) atoms. The lowest BCUT2D eigenvalue weighted by Crippen LogP contribution is -2.25. The Morgan fingerprint density at radius 3 is 2.82 bits per heavy atom. The van der Waals surface area contributed by atoms with Gasteiger partial charge < -0.3 is 9.32 Å². The van der Waals surface area contributed by atoms with Crippen molar-refractivity contribution < 1.29 is 9.21 Å². The molecule has 2 aromatic heterocycles. The SMILES string of the molecule is Cc1ccc(C(=O)N(C)Cc2cnn(C)c2)o1. The van der Waals surface area contributed by atoms with Gasteiger partial charge in [-0.3, -0.25) is 9.48 Å². The molecule has 0 unspecified atom stereocenters. The minimum absolute atomic E-state index is 0.123. The number of hydrogen-bond donors (Lipinski definition) is 0. The van der Waals surface area contributed by atoms with E-state index in [4.69, 9.17) is 4.42 Å². The van der Waals surface area contributed by atoms with Gasteiger partial charge in [0.2, 0.25) is 0 Å². The number of furan rings is 1. The molecule has 5 nitrogen and oxygen atoms in total. The summed E-state index contributed by atoms with van der Waals surface area (Å²) >= 11 is 0. The van der Waals surface area contributed by atoms with Crippen LogP contribution >= 0.6 is 0 Å². The van der Waals surface area contributed by atoms with Crippen molar-refractivity contribution in [3.05, 3.63) is 41.6 Å². The van der Waals surface area contributed by atoms with E-state index in [1.54, 1.807) is 35.0 Å². The highest BCUT2D eigenvalue weighted by Gasteiger charge is 2.15.